The monoisotopic (exact) mass is 426 g/mol. The van der Waals surface area contributed by atoms with Gasteiger partial charge in [-0.25, -0.2) is 0 Å². The molecule has 0 nitrogen and oxygen atoms in total. The van der Waals surface area contributed by atoms with Crippen LogP contribution in [-0.4, -0.2) is 0 Å². The first-order valence-electron chi connectivity index (χ1n) is 14.5. The molecule has 0 radical (unpaired) electrons. The minimum atomic E-state index is 0.562. The Balaban J connectivity index is 1.52. The molecule has 4 aliphatic rings. The van der Waals surface area contributed by atoms with Crippen molar-refractivity contribution < 1.29 is 0 Å². The van der Waals surface area contributed by atoms with Crippen LogP contribution in [0.1, 0.15) is 138 Å². The molecular weight excluding hydrogens is 372 g/mol. The molecule has 0 spiro atoms. The molecule has 4 aliphatic carbocycles. The number of fused-ring (bicyclic) bond motifs is 4. The Morgan fingerprint density at radius 1 is 0.903 bits per heavy atom. The lowest BCUT2D eigenvalue weighted by molar-refractivity contribution is 0.0348. The molecule has 0 saturated heterocycles. The fourth-order valence-electron chi connectivity index (χ4n) is 9.61. The van der Waals surface area contributed by atoms with Gasteiger partial charge in [-0.15, -0.1) is 0 Å². The predicted molar refractivity (Wildman–Crippen MR) is 136 cm³/mol. The van der Waals surface area contributed by atoms with Gasteiger partial charge in [-0.1, -0.05) is 104 Å². The van der Waals surface area contributed by atoms with E-state index >= 15 is 0 Å². The Bertz CT molecular complexity index is 640. The van der Waals surface area contributed by atoms with E-state index < -0.39 is 0 Å². The fraction of sp³-hybridized carbons (Fsp3) is 0.935. The number of allylic oxidation sites excluding steroid dienone is 2. The van der Waals surface area contributed by atoms with Crippen molar-refractivity contribution in [2.75, 3.05) is 0 Å². The van der Waals surface area contributed by atoms with E-state index in [1.807, 2.05) is 11.1 Å². The molecule has 7 atom stereocenters. The molecule has 4 rings (SSSR count). The van der Waals surface area contributed by atoms with Crippen LogP contribution in [0.5, 0.6) is 0 Å². The molecule has 31 heavy (non-hydrogen) atoms. The Kier molecular flexibility index (Phi) is 7.35. The Morgan fingerprint density at radius 2 is 1.71 bits per heavy atom. The van der Waals surface area contributed by atoms with Crippen LogP contribution in [0.3, 0.4) is 0 Å². The summed E-state index contributed by atoms with van der Waals surface area (Å²) in [6.07, 6.45) is 22.2. The Morgan fingerprint density at radius 3 is 2.45 bits per heavy atom. The van der Waals surface area contributed by atoms with Crippen LogP contribution in [0.15, 0.2) is 11.1 Å². The molecule has 0 amide bonds. The zero-order valence-corrected chi connectivity index (χ0v) is 22.1. The van der Waals surface area contributed by atoms with Crippen molar-refractivity contribution in [3.63, 3.8) is 0 Å². The van der Waals surface area contributed by atoms with Gasteiger partial charge in [-0.3, -0.25) is 0 Å². The van der Waals surface area contributed by atoms with Gasteiger partial charge in [-0.2, -0.15) is 0 Å². The van der Waals surface area contributed by atoms with E-state index in [0.717, 1.165) is 35.5 Å². The van der Waals surface area contributed by atoms with Gasteiger partial charge in [0.2, 0.25) is 0 Å². The number of hydrogen-bond donors (Lipinski definition) is 0. The maximum Gasteiger partial charge on any atom is -0.00826 e. The van der Waals surface area contributed by atoms with Crippen molar-refractivity contribution >= 4 is 0 Å². The summed E-state index contributed by atoms with van der Waals surface area (Å²) in [5, 5.41) is 0. The first kappa shape index (κ1) is 23.9. The van der Waals surface area contributed by atoms with E-state index in [1.165, 1.54) is 96.3 Å². The number of unbranched alkanes of at least 4 members (excludes halogenated alkanes) is 1. The second-order valence-electron chi connectivity index (χ2n) is 13.4. The van der Waals surface area contributed by atoms with Gasteiger partial charge in [0.15, 0.2) is 0 Å². The van der Waals surface area contributed by atoms with Gasteiger partial charge < -0.3 is 0 Å². The summed E-state index contributed by atoms with van der Waals surface area (Å²) in [6.45, 7) is 15.2. The summed E-state index contributed by atoms with van der Waals surface area (Å²) in [7, 11) is 0. The lowest BCUT2D eigenvalue weighted by Gasteiger charge is -2.56. The third-order valence-corrected chi connectivity index (χ3v) is 11.3. The van der Waals surface area contributed by atoms with Crippen molar-refractivity contribution in [2.45, 2.75) is 138 Å². The highest BCUT2D eigenvalue weighted by Crippen LogP contribution is 2.66. The third-order valence-electron chi connectivity index (χ3n) is 11.3. The summed E-state index contributed by atoms with van der Waals surface area (Å²) in [4.78, 5) is 0. The Hall–Kier alpha value is -0.260. The first-order valence-corrected chi connectivity index (χ1v) is 14.5. The van der Waals surface area contributed by atoms with Crippen LogP contribution in [0.4, 0.5) is 0 Å². The van der Waals surface area contributed by atoms with Gasteiger partial charge in [-0.05, 0) is 91.3 Å². The lowest BCUT2D eigenvalue weighted by Crippen LogP contribution is -2.46. The maximum absolute atomic E-state index is 2.73. The highest BCUT2D eigenvalue weighted by molar-refractivity contribution is 5.34. The summed E-state index contributed by atoms with van der Waals surface area (Å²) in [5.41, 5.74) is 5.20. The van der Waals surface area contributed by atoms with Crippen molar-refractivity contribution in [1.29, 1.82) is 0 Å². The smallest absolute Gasteiger partial charge is 0.00826 e. The predicted octanol–water partition coefficient (Wildman–Crippen LogP) is 9.98. The van der Waals surface area contributed by atoms with Crippen LogP contribution in [-0.2, 0) is 0 Å². The van der Waals surface area contributed by atoms with Gasteiger partial charge in [0, 0.05) is 0 Å². The minimum Gasteiger partial charge on any atom is -0.0668 e. The summed E-state index contributed by atoms with van der Waals surface area (Å²) in [5.74, 6) is 5.74. The zero-order chi connectivity index (χ0) is 22.2. The van der Waals surface area contributed by atoms with Crippen molar-refractivity contribution in [3.8, 4) is 0 Å². The molecule has 0 N–H and O–H groups in total. The highest BCUT2D eigenvalue weighted by atomic mass is 14.6. The van der Waals surface area contributed by atoms with Crippen LogP contribution in [0.25, 0.3) is 0 Å². The summed E-state index contributed by atoms with van der Waals surface area (Å²) in [6, 6.07) is 0. The van der Waals surface area contributed by atoms with Gasteiger partial charge in [0.25, 0.3) is 0 Å². The molecule has 178 valence electrons. The maximum atomic E-state index is 2.73. The summed E-state index contributed by atoms with van der Waals surface area (Å²) >= 11 is 0. The molecule has 2 unspecified atom stereocenters. The van der Waals surface area contributed by atoms with E-state index in [2.05, 4.69) is 41.5 Å². The number of rotatable bonds is 8. The second kappa shape index (κ2) is 9.54. The van der Waals surface area contributed by atoms with E-state index in [1.54, 1.807) is 0 Å². The van der Waals surface area contributed by atoms with Crippen molar-refractivity contribution in [1.82, 2.24) is 0 Å². The third kappa shape index (κ3) is 4.33. The minimum absolute atomic E-state index is 0.562. The zero-order valence-electron chi connectivity index (χ0n) is 22.1. The first-order chi connectivity index (χ1) is 14.8. The molecule has 0 aromatic heterocycles. The average Bonchev–Trinajstić information content (AvgIpc) is 3.08. The molecule has 2 saturated carbocycles. The van der Waals surface area contributed by atoms with E-state index in [9.17, 15) is 0 Å². The lowest BCUT2D eigenvalue weighted by atomic mass is 9.48. The largest absolute Gasteiger partial charge is 0.0668 e. The van der Waals surface area contributed by atoms with E-state index in [4.69, 9.17) is 0 Å². The molecule has 0 aromatic carbocycles. The standard InChI is InChI=1S/C31H54/c1-7-8-13-24-14-10-20-30(5)27(24)16-15-25-28-18-17-26(23(4)12-9-11-22(2)3)31(28,6)21-19-29(25)30/h22-24,26-28H,7-21H2,1-6H3/t23-,24?,26-,27?,28+,30+,31-/m1/s1. The van der Waals surface area contributed by atoms with Gasteiger partial charge >= 0.3 is 0 Å². The van der Waals surface area contributed by atoms with E-state index in [0.29, 0.717) is 10.8 Å². The normalized spacial score (nSPS) is 41.1. The quantitative estimate of drug-likeness (QED) is 0.339. The van der Waals surface area contributed by atoms with E-state index in [-0.39, 0.29) is 0 Å². The molecule has 2 fully saturated rings. The van der Waals surface area contributed by atoms with Crippen molar-refractivity contribution in [2.24, 2.45) is 46.3 Å². The second-order valence-corrected chi connectivity index (χ2v) is 13.4. The molecule has 0 bridgehead atoms. The summed E-state index contributed by atoms with van der Waals surface area (Å²) < 4.78 is 0. The molecule has 0 heteroatoms. The molecule has 0 heterocycles. The van der Waals surface area contributed by atoms with Gasteiger partial charge in [0.05, 0.1) is 0 Å². The highest BCUT2D eigenvalue weighted by Gasteiger charge is 2.56. The van der Waals surface area contributed by atoms with Crippen LogP contribution in [0, 0.1) is 46.3 Å². The van der Waals surface area contributed by atoms with Crippen LogP contribution < -0.4 is 0 Å². The van der Waals surface area contributed by atoms with Crippen LogP contribution in [0.2, 0.25) is 0 Å². The van der Waals surface area contributed by atoms with Crippen molar-refractivity contribution in [3.05, 3.63) is 11.1 Å². The molecule has 0 aromatic rings. The average molecular weight is 427 g/mol. The SMILES string of the molecule is CCCCC1CCC[C@]2(C)C3=C(CCC12)[C@@H]1CC[C@H]([C@H](C)CCCC(C)C)[C@@]1(C)CC3. The molecule has 0 aliphatic heterocycles. The topological polar surface area (TPSA) is 0 Å². The number of hydrogen-bond acceptors (Lipinski definition) is 0. The van der Waals surface area contributed by atoms with Gasteiger partial charge in [0.1, 0.15) is 0 Å². The molecular formula is C31H54. The fourth-order valence-corrected chi connectivity index (χ4v) is 9.61. The van der Waals surface area contributed by atoms with Crippen LogP contribution >= 0.6 is 0 Å². The Labute approximate surface area is 195 Å².